The van der Waals surface area contributed by atoms with Crippen molar-refractivity contribution in [1.29, 1.82) is 0 Å². The molecule has 7 nitrogen and oxygen atoms in total. The van der Waals surface area contributed by atoms with Crippen LogP contribution < -0.4 is 10.5 Å². The van der Waals surface area contributed by atoms with Crippen LogP contribution in [0.15, 0.2) is 41.4 Å². The Morgan fingerprint density at radius 1 is 1.26 bits per heavy atom. The SMILES string of the molecule is COc1ccccc1[C@H]1CCC[C@@H](C)N1S(=O)(=O)c1cc(C(N)=O)n(C)c1. The summed E-state index contributed by atoms with van der Waals surface area (Å²) in [5.41, 5.74) is 6.36. The summed E-state index contributed by atoms with van der Waals surface area (Å²) < 4.78 is 35.4. The number of piperidine rings is 1. The number of hydrogen-bond donors (Lipinski definition) is 1. The highest BCUT2D eigenvalue weighted by atomic mass is 32.2. The molecule has 0 unspecified atom stereocenters. The molecule has 2 N–H and O–H groups in total. The zero-order valence-corrected chi connectivity index (χ0v) is 16.6. The molecule has 1 aromatic carbocycles. The molecule has 2 heterocycles. The molecule has 0 spiro atoms. The van der Waals surface area contributed by atoms with E-state index in [1.165, 1.54) is 16.8 Å². The van der Waals surface area contributed by atoms with Crippen LogP contribution in [-0.2, 0) is 17.1 Å². The molecule has 0 bridgehead atoms. The molecule has 0 saturated carbocycles. The van der Waals surface area contributed by atoms with Crippen molar-refractivity contribution in [3.8, 4) is 5.75 Å². The quantitative estimate of drug-likeness (QED) is 0.847. The molecule has 1 aliphatic heterocycles. The number of hydrogen-bond acceptors (Lipinski definition) is 4. The standard InChI is InChI=1S/C19H25N3O4S/c1-13-7-6-9-16(15-8-4-5-10-18(15)26-3)22(13)27(24,25)14-11-17(19(20)23)21(2)12-14/h4-5,8,10-13,16H,6-7,9H2,1-3H3,(H2,20,23)/t13-,16-/m1/s1. The van der Waals surface area contributed by atoms with E-state index in [4.69, 9.17) is 10.5 Å². The fraction of sp³-hybridized carbons (Fsp3) is 0.421. The fourth-order valence-electron chi connectivity index (χ4n) is 3.85. The summed E-state index contributed by atoms with van der Waals surface area (Å²) in [5, 5.41) is 0. The van der Waals surface area contributed by atoms with Gasteiger partial charge in [0.15, 0.2) is 0 Å². The summed E-state index contributed by atoms with van der Waals surface area (Å²) >= 11 is 0. The van der Waals surface area contributed by atoms with E-state index < -0.39 is 15.9 Å². The van der Waals surface area contributed by atoms with Crippen molar-refractivity contribution in [1.82, 2.24) is 8.87 Å². The van der Waals surface area contributed by atoms with Crippen molar-refractivity contribution in [3.05, 3.63) is 47.8 Å². The van der Waals surface area contributed by atoms with Crippen LogP contribution in [-0.4, -0.2) is 36.3 Å². The number of nitrogens with two attached hydrogens (primary N) is 1. The Morgan fingerprint density at radius 2 is 1.96 bits per heavy atom. The van der Waals surface area contributed by atoms with Crippen LogP contribution >= 0.6 is 0 Å². The van der Waals surface area contributed by atoms with Gasteiger partial charge in [0.2, 0.25) is 10.0 Å². The average Bonchev–Trinajstić information content (AvgIpc) is 3.04. The van der Waals surface area contributed by atoms with Gasteiger partial charge in [-0.3, -0.25) is 4.79 Å². The monoisotopic (exact) mass is 391 g/mol. The van der Waals surface area contributed by atoms with Gasteiger partial charge in [-0.15, -0.1) is 0 Å². The summed E-state index contributed by atoms with van der Waals surface area (Å²) in [6, 6.07) is 8.34. The van der Waals surface area contributed by atoms with Crippen LogP contribution in [0.3, 0.4) is 0 Å². The minimum absolute atomic E-state index is 0.0763. The number of aromatic nitrogens is 1. The number of ether oxygens (including phenoxy) is 1. The number of aryl methyl sites for hydroxylation is 1. The van der Waals surface area contributed by atoms with Gasteiger partial charge < -0.3 is 15.0 Å². The largest absolute Gasteiger partial charge is 0.496 e. The van der Waals surface area contributed by atoms with Crippen LogP contribution in [0.1, 0.15) is 48.3 Å². The first-order chi connectivity index (χ1) is 12.8. The van der Waals surface area contributed by atoms with Gasteiger partial charge >= 0.3 is 0 Å². The third-order valence-corrected chi connectivity index (χ3v) is 7.14. The van der Waals surface area contributed by atoms with Crippen LogP contribution in [0.5, 0.6) is 5.75 Å². The van der Waals surface area contributed by atoms with Crippen molar-refractivity contribution in [2.75, 3.05) is 7.11 Å². The van der Waals surface area contributed by atoms with Crippen molar-refractivity contribution < 1.29 is 17.9 Å². The fourth-order valence-corrected chi connectivity index (χ4v) is 5.78. The molecular weight excluding hydrogens is 366 g/mol. The highest BCUT2D eigenvalue weighted by Crippen LogP contribution is 2.41. The first-order valence-corrected chi connectivity index (χ1v) is 10.3. The van der Waals surface area contributed by atoms with Gasteiger partial charge in [-0.25, -0.2) is 8.42 Å². The number of primary amides is 1. The second-order valence-corrected chi connectivity index (χ2v) is 8.75. The van der Waals surface area contributed by atoms with E-state index in [1.54, 1.807) is 18.5 Å². The van der Waals surface area contributed by atoms with Crippen LogP contribution in [0.25, 0.3) is 0 Å². The summed E-state index contributed by atoms with van der Waals surface area (Å²) in [6.07, 6.45) is 3.85. The highest BCUT2D eigenvalue weighted by Gasteiger charge is 2.40. The third-order valence-electron chi connectivity index (χ3n) is 5.15. The molecule has 1 aromatic heterocycles. The van der Waals surface area contributed by atoms with Crippen molar-refractivity contribution >= 4 is 15.9 Å². The molecule has 8 heteroatoms. The lowest BCUT2D eigenvalue weighted by Crippen LogP contribution is -2.44. The van der Waals surface area contributed by atoms with Crippen molar-refractivity contribution in [2.45, 2.75) is 43.2 Å². The summed E-state index contributed by atoms with van der Waals surface area (Å²) in [5.74, 6) is 0.00890. The minimum atomic E-state index is -3.82. The van der Waals surface area contributed by atoms with E-state index in [0.29, 0.717) is 12.2 Å². The molecular formula is C19H25N3O4S. The second-order valence-electron chi connectivity index (χ2n) is 6.91. The molecule has 146 valence electrons. The van der Waals surface area contributed by atoms with Crippen molar-refractivity contribution in [2.24, 2.45) is 12.8 Å². The van der Waals surface area contributed by atoms with Crippen molar-refractivity contribution in [3.63, 3.8) is 0 Å². The molecule has 27 heavy (non-hydrogen) atoms. The minimum Gasteiger partial charge on any atom is -0.496 e. The summed E-state index contributed by atoms with van der Waals surface area (Å²) in [7, 11) is -0.628. The maximum absolute atomic E-state index is 13.5. The molecule has 2 aromatic rings. The van der Waals surface area contributed by atoms with Gasteiger partial charge in [-0.2, -0.15) is 4.31 Å². The number of carbonyl (C=O) groups is 1. The third kappa shape index (κ3) is 3.46. The Balaban J connectivity index is 2.10. The number of rotatable bonds is 5. The normalized spacial score (nSPS) is 21.1. The summed E-state index contributed by atoms with van der Waals surface area (Å²) in [4.78, 5) is 11.6. The number of carbonyl (C=O) groups excluding carboxylic acids is 1. The Hall–Kier alpha value is -2.32. The van der Waals surface area contributed by atoms with Crippen LogP contribution in [0, 0.1) is 0 Å². The van der Waals surface area contributed by atoms with E-state index in [9.17, 15) is 13.2 Å². The number of amides is 1. The molecule has 2 atom stereocenters. The maximum atomic E-state index is 13.5. The Morgan fingerprint density at radius 3 is 2.59 bits per heavy atom. The zero-order chi connectivity index (χ0) is 19.8. The first-order valence-electron chi connectivity index (χ1n) is 8.90. The van der Waals surface area contributed by atoms with Gasteiger partial charge in [-0.1, -0.05) is 18.2 Å². The van der Waals surface area contributed by atoms with E-state index in [2.05, 4.69) is 0 Å². The molecule has 0 aliphatic carbocycles. The number of para-hydroxylation sites is 1. The van der Waals surface area contributed by atoms with Gasteiger partial charge in [0.25, 0.3) is 5.91 Å². The van der Waals surface area contributed by atoms with Gasteiger partial charge in [0, 0.05) is 24.8 Å². The number of nitrogens with zero attached hydrogens (tertiary/aromatic N) is 2. The van der Waals surface area contributed by atoms with Crippen LogP contribution in [0.4, 0.5) is 0 Å². The van der Waals surface area contributed by atoms with E-state index in [-0.39, 0.29) is 22.7 Å². The first kappa shape index (κ1) is 19.4. The van der Waals surface area contributed by atoms with Gasteiger partial charge in [0.1, 0.15) is 16.3 Å². The van der Waals surface area contributed by atoms with Gasteiger partial charge in [-0.05, 0) is 38.3 Å². The molecule has 1 saturated heterocycles. The Bertz CT molecular complexity index is 952. The number of benzene rings is 1. The lowest BCUT2D eigenvalue weighted by molar-refractivity contribution is 0.0992. The lowest BCUT2D eigenvalue weighted by Gasteiger charge is -2.40. The Kier molecular flexibility index (Phi) is 5.30. The smallest absolute Gasteiger partial charge is 0.265 e. The average molecular weight is 391 g/mol. The maximum Gasteiger partial charge on any atom is 0.265 e. The topological polar surface area (TPSA) is 94.6 Å². The zero-order valence-electron chi connectivity index (χ0n) is 15.8. The van der Waals surface area contributed by atoms with E-state index in [1.807, 2.05) is 31.2 Å². The molecule has 1 fully saturated rings. The van der Waals surface area contributed by atoms with Gasteiger partial charge in [0.05, 0.1) is 13.2 Å². The predicted molar refractivity (Wildman–Crippen MR) is 102 cm³/mol. The molecule has 0 radical (unpaired) electrons. The highest BCUT2D eigenvalue weighted by molar-refractivity contribution is 7.89. The van der Waals surface area contributed by atoms with E-state index in [0.717, 1.165) is 18.4 Å². The van der Waals surface area contributed by atoms with E-state index >= 15 is 0 Å². The predicted octanol–water partition coefficient (Wildman–Crippen LogP) is 2.44. The number of methoxy groups -OCH3 is 1. The Labute approximate surface area is 159 Å². The molecule has 1 aliphatic rings. The van der Waals surface area contributed by atoms with Crippen LogP contribution in [0.2, 0.25) is 0 Å². The molecule has 1 amide bonds. The lowest BCUT2D eigenvalue weighted by atomic mass is 9.93. The second kappa shape index (κ2) is 7.36. The molecule has 3 rings (SSSR count). The number of sulfonamides is 1. The summed E-state index contributed by atoms with van der Waals surface area (Å²) in [6.45, 7) is 1.91.